The Morgan fingerprint density at radius 1 is 0.938 bits per heavy atom. The Kier molecular flexibility index (Phi) is 2.37. The van der Waals surface area contributed by atoms with Gasteiger partial charge >= 0.3 is 0 Å². The third-order valence-electron chi connectivity index (χ3n) is 2.92. The van der Waals surface area contributed by atoms with Gasteiger partial charge in [0.25, 0.3) is 0 Å². The highest BCUT2D eigenvalue weighted by atomic mass is 32.2. The largest absolute Gasteiger partial charge is 0.357 e. The summed E-state index contributed by atoms with van der Waals surface area (Å²) in [5.74, 6) is 0. The van der Waals surface area contributed by atoms with Crippen LogP contribution in [0.5, 0.6) is 0 Å². The zero-order valence-corrected chi connectivity index (χ0v) is 9.95. The van der Waals surface area contributed by atoms with Crippen molar-refractivity contribution >= 4 is 17.4 Å². The standard InChI is InChI=1S/C14H13NS/c1-15-12-9-5-6-10-13(12)16-14(15)11-7-3-2-4-8-11/h2-10,14H,1H3/t14-/m1/s1. The van der Waals surface area contributed by atoms with Crippen LogP contribution in [0, 0.1) is 0 Å². The van der Waals surface area contributed by atoms with E-state index in [1.165, 1.54) is 16.1 Å². The molecule has 0 saturated heterocycles. The van der Waals surface area contributed by atoms with Crippen LogP contribution in [0.2, 0.25) is 0 Å². The first kappa shape index (κ1) is 9.79. The second kappa shape index (κ2) is 3.87. The Bertz CT molecular complexity index is 495. The molecule has 2 aromatic carbocycles. The van der Waals surface area contributed by atoms with Gasteiger partial charge in [-0.05, 0) is 17.7 Å². The summed E-state index contributed by atoms with van der Waals surface area (Å²) < 4.78 is 0. The maximum Gasteiger partial charge on any atom is 0.105 e. The number of fused-ring (bicyclic) bond motifs is 1. The molecule has 1 heterocycles. The van der Waals surface area contributed by atoms with Crippen molar-refractivity contribution in [2.75, 3.05) is 11.9 Å². The molecular weight excluding hydrogens is 214 g/mol. The van der Waals surface area contributed by atoms with Gasteiger partial charge in [-0.25, -0.2) is 0 Å². The third kappa shape index (κ3) is 1.50. The molecule has 2 aromatic rings. The lowest BCUT2D eigenvalue weighted by atomic mass is 10.2. The molecule has 0 saturated carbocycles. The molecule has 3 rings (SSSR count). The number of nitrogens with zero attached hydrogens (tertiary/aromatic N) is 1. The molecular formula is C14H13NS. The summed E-state index contributed by atoms with van der Waals surface area (Å²) in [5, 5.41) is 0.415. The number of thioether (sulfide) groups is 1. The molecule has 2 heteroatoms. The molecule has 1 aliphatic heterocycles. The van der Waals surface area contributed by atoms with E-state index in [1.54, 1.807) is 0 Å². The summed E-state index contributed by atoms with van der Waals surface area (Å²) in [6.45, 7) is 0. The Balaban J connectivity index is 1.99. The molecule has 0 spiro atoms. The SMILES string of the molecule is CN1c2ccccc2S[C@@H]1c1ccccc1. The molecule has 16 heavy (non-hydrogen) atoms. The van der Waals surface area contributed by atoms with Crippen LogP contribution < -0.4 is 4.90 Å². The second-order valence-electron chi connectivity index (χ2n) is 3.96. The normalized spacial score (nSPS) is 18.6. The van der Waals surface area contributed by atoms with Crippen LogP contribution in [0.3, 0.4) is 0 Å². The van der Waals surface area contributed by atoms with Crippen molar-refractivity contribution in [3.63, 3.8) is 0 Å². The van der Waals surface area contributed by atoms with Gasteiger partial charge in [0, 0.05) is 11.9 Å². The fraction of sp³-hybridized carbons (Fsp3) is 0.143. The molecule has 0 radical (unpaired) electrons. The number of para-hydroxylation sites is 1. The molecule has 0 bridgehead atoms. The molecule has 0 unspecified atom stereocenters. The van der Waals surface area contributed by atoms with Crippen molar-refractivity contribution in [2.45, 2.75) is 10.3 Å². The van der Waals surface area contributed by atoms with Crippen molar-refractivity contribution in [1.29, 1.82) is 0 Å². The van der Waals surface area contributed by atoms with Gasteiger partial charge in [0.15, 0.2) is 0 Å². The Labute approximate surface area is 100 Å². The summed E-state index contributed by atoms with van der Waals surface area (Å²) in [6.07, 6.45) is 0. The van der Waals surface area contributed by atoms with Gasteiger partial charge in [-0.2, -0.15) is 0 Å². The summed E-state index contributed by atoms with van der Waals surface area (Å²) >= 11 is 1.92. The predicted octanol–water partition coefficient (Wildman–Crippen LogP) is 3.93. The Morgan fingerprint density at radius 2 is 1.62 bits per heavy atom. The average molecular weight is 227 g/mol. The van der Waals surface area contributed by atoms with Crippen molar-refractivity contribution in [3.8, 4) is 0 Å². The molecule has 1 aliphatic rings. The van der Waals surface area contributed by atoms with E-state index < -0.39 is 0 Å². The lowest BCUT2D eigenvalue weighted by molar-refractivity contribution is 0.913. The average Bonchev–Trinajstić information content (AvgIpc) is 2.69. The number of hydrogen-bond acceptors (Lipinski definition) is 2. The highest BCUT2D eigenvalue weighted by molar-refractivity contribution is 8.00. The Hall–Kier alpha value is -1.41. The van der Waals surface area contributed by atoms with Crippen molar-refractivity contribution in [2.24, 2.45) is 0 Å². The highest BCUT2D eigenvalue weighted by Crippen LogP contribution is 2.49. The first-order valence-electron chi connectivity index (χ1n) is 5.40. The second-order valence-corrected chi connectivity index (χ2v) is 5.08. The molecule has 1 nitrogen and oxygen atoms in total. The maximum absolute atomic E-state index is 2.34. The third-order valence-corrected chi connectivity index (χ3v) is 4.33. The summed E-state index contributed by atoms with van der Waals surface area (Å²) in [7, 11) is 2.16. The number of hydrogen-bond donors (Lipinski definition) is 0. The van der Waals surface area contributed by atoms with Gasteiger partial charge in [-0.15, -0.1) is 0 Å². The lowest BCUT2D eigenvalue weighted by Gasteiger charge is -2.21. The zero-order chi connectivity index (χ0) is 11.0. The maximum atomic E-state index is 2.34. The summed E-state index contributed by atoms with van der Waals surface area (Å²) in [4.78, 5) is 3.72. The fourth-order valence-corrected chi connectivity index (χ4v) is 3.38. The number of anilines is 1. The van der Waals surface area contributed by atoms with Gasteiger partial charge in [0.2, 0.25) is 0 Å². The van der Waals surface area contributed by atoms with Gasteiger partial charge in [-0.3, -0.25) is 0 Å². The minimum Gasteiger partial charge on any atom is -0.357 e. The van der Waals surface area contributed by atoms with Gasteiger partial charge in [0.1, 0.15) is 5.37 Å². The summed E-state index contributed by atoms with van der Waals surface area (Å²) in [5.41, 5.74) is 2.70. The van der Waals surface area contributed by atoms with E-state index in [0.29, 0.717) is 5.37 Å². The number of benzene rings is 2. The van der Waals surface area contributed by atoms with E-state index in [0.717, 1.165) is 0 Å². The van der Waals surface area contributed by atoms with Crippen LogP contribution in [0.15, 0.2) is 59.5 Å². The predicted molar refractivity (Wildman–Crippen MR) is 69.9 cm³/mol. The van der Waals surface area contributed by atoms with Crippen molar-refractivity contribution in [3.05, 3.63) is 60.2 Å². The lowest BCUT2D eigenvalue weighted by Crippen LogP contribution is -2.16. The van der Waals surface area contributed by atoms with Crippen molar-refractivity contribution < 1.29 is 0 Å². The minimum absolute atomic E-state index is 0.415. The molecule has 0 N–H and O–H groups in total. The molecule has 0 amide bonds. The van der Waals surface area contributed by atoms with Gasteiger partial charge in [-0.1, -0.05) is 54.2 Å². The van der Waals surface area contributed by atoms with Crippen LogP contribution in [-0.4, -0.2) is 7.05 Å². The summed E-state index contributed by atoms with van der Waals surface area (Å²) in [6, 6.07) is 19.2. The van der Waals surface area contributed by atoms with Crippen LogP contribution in [0.4, 0.5) is 5.69 Å². The quantitative estimate of drug-likeness (QED) is 0.726. The van der Waals surface area contributed by atoms with E-state index in [9.17, 15) is 0 Å². The van der Waals surface area contributed by atoms with Crippen LogP contribution in [0.1, 0.15) is 10.9 Å². The van der Waals surface area contributed by atoms with E-state index in [1.807, 2.05) is 11.8 Å². The molecule has 1 atom stereocenters. The van der Waals surface area contributed by atoms with E-state index in [4.69, 9.17) is 0 Å². The highest BCUT2D eigenvalue weighted by Gasteiger charge is 2.27. The van der Waals surface area contributed by atoms with Gasteiger partial charge < -0.3 is 4.90 Å². The first-order valence-corrected chi connectivity index (χ1v) is 6.28. The van der Waals surface area contributed by atoms with E-state index in [2.05, 4.69) is 66.5 Å². The monoisotopic (exact) mass is 227 g/mol. The topological polar surface area (TPSA) is 3.24 Å². The van der Waals surface area contributed by atoms with Crippen LogP contribution in [0.25, 0.3) is 0 Å². The first-order chi connectivity index (χ1) is 7.86. The molecule has 0 fully saturated rings. The minimum atomic E-state index is 0.415. The fourth-order valence-electron chi connectivity index (χ4n) is 2.08. The van der Waals surface area contributed by atoms with Crippen molar-refractivity contribution in [1.82, 2.24) is 0 Å². The van der Waals surface area contributed by atoms with Gasteiger partial charge in [0.05, 0.1) is 5.69 Å². The smallest absolute Gasteiger partial charge is 0.105 e. The van der Waals surface area contributed by atoms with Crippen LogP contribution in [-0.2, 0) is 0 Å². The zero-order valence-electron chi connectivity index (χ0n) is 9.13. The van der Waals surface area contributed by atoms with E-state index in [-0.39, 0.29) is 0 Å². The molecule has 80 valence electrons. The Morgan fingerprint density at radius 3 is 2.38 bits per heavy atom. The molecule has 0 aliphatic carbocycles. The number of rotatable bonds is 1. The van der Waals surface area contributed by atoms with E-state index >= 15 is 0 Å². The molecule has 0 aromatic heterocycles. The van der Waals surface area contributed by atoms with Crippen LogP contribution >= 0.6 is 11.8 Å².